The van der Waals surface area contributed by atoms with Gasteiger partial charge >= 0.3 is 0 Å². The SMILES string of the molecule is CO[C@@H]1O[C@@H](C)[C@H](O[Si](c2ccccc2)(c2ccccc2)C(C)(C)C)[C@@H](O)[C@H]1O. The molecule has 0 unspecified atom stereocenters. The predicted octanol–water partition coefficient (Wildman–Crippen LogP) is 2.04. The summed E-state index contributed by atoms with van der Waals surface area (Å²) in [5.74, 6) is 0. The molecule has 1 heterocycles. The molecule has 0 aliphatic carbocycles. The van der Waals surface area contributed by atoms with Crippen molar-refractivity contribution in [2.24, 2.45) is 0 Å². The van der Waals surface area contributed by atoms with E-state index in [9.17, 15) is 10.2 Å². The Bertz CT molecular complexity index is 737. The van der Waals surface area contributed by atoms with Crippen LogP contribution in [0.15, 0.2) is 60.7 Å². The smallest absolute Gasteiger partial charge is 0.261 e. The molecule has 1 saturated heterocycles. The summed E-state index contributed by atoms with van der Waals surface area (Å²) >= 11 is 0. The van der Waals surface area contributed by atoms with E-state index in [1.54, 1.807) is 0 Å². The minimum atomic E-state index is -2.87. The van der Waals surface area contributed by atoms with Crippen molar-refractivity contribution in [3.8, 4) is 0 Å². The van der Waals surface area contributed by atoms with Gasteiger partial charge in [0.15, 0.2) is 6.29 Å². The molecule has 0 bridgehead atoms. The van der Waals surface area contributed by atoms with Crippen molar-refractivity contribution in [1.82, 2.24) is 0 Å². The largest absolute Gasteiger partial charge is 0.399 e. The fraction of sp³-hybridized carbons (Fsp3) is 0.478. The lowest BCUT2D eigenvalue weighted by Crippen LogP contribution is -2.71. The molecule has 158 valence electrons. The zero-order valence-corrected chi connectivity index (χ0v) is 18.8. The summed E-state index contributed by atoms with van der Waals surface area (Å²) in [5.41, 5.74) is 0. The molecule has 3 rings (SSSR count). The second-order valence-electron chi connectivity index (χ2n) is 8.67. The summed E-state index contributed by atoms with van der Waals surface area (Å²) in [6, 6.07) is 20.4. The van der Waals surface area contributed by atoms with Crippen molar-refractivity contribution in [1.29, 1.82) is 0 Å². The Hall–Kier alpha value is -1.54. The minimum absolute atomic E-state index is 0.238. The maximum absolute atomic E-state index is 10.9. The third-order valence-electron chi connectivity index (χ3n) is 5.74. The van der Waals surface area contributed by atoms with Crippen LogP contribution >= 0.6 is 0 Å². The van der Waals surface area contributed by atoms with Crippen LogP contribution in [0, 0.1) is 0 Å². The number of benzene rings is 2. The zero-order chi connectivity index (χ0) is 21.2. The van der Waals surface area contributed by atoms with Crippen molar-refractivity contribution in [3.05, 3.63) is 60.7 Å². The Kier molecular flexibility index (Phi) is 6.63. The molecule has 0 aromatic heterocycles. The summed E-state index contributed by atoms with van der Waals surface area (Å²) in [6.45, 7) is 8.38. The third-order valence-corrected chi connectivity index (χ3v) is 10.8. The maximum Gasteiger partial charge on any atom is 0.261 e. The standard InChI is InChI=1S/C23H32O5Si/c1-16-21(19(24)20(25)22(26-5)27-16)28-29(23(2,3)4,17-12-8-6-9-13-17)18-14-10-7-11-15-18/h6-16,19-22,24-25H,1-5H3/t16-,19-,20+,21-,22+/m0/s1. The summed E-state index contributed by atoms with van der Waals surface area (Å²) in [6.07, 6.45) is -4.31. The van der Waals surface area contributed by atoms with Gasteiger partial charge in [-0.25, -0.2) is 0 Å². The van der Waals surface area contributed by atoms with E-state index in [-0.39, 0.29) is 5.04 Å². The molecule has 2 aromatic carbocycles. The maximum atomic E-state index is 10.9. The zero-order valence-electron chi connectivity index (χ0n) is 17.8. The highest BCUT2D eigenvalue weighted by molar-refractivity contribution is 6.99. The highest BCUT2D eigenvalue weighted by atomic mass is 28.4. The molecule has 0 saturated carbocycles. The first-order valence-electron chi connectivity index (χ1n) is 10.1. The topological polar surface area (TPSA) is 68.2 Å². The third kappa shape index (κ3) is 4.06. The van der Waals surface area contributed by atoms with Gasteiger partial charge < -0.3 is 24.1 Å². The molecule has 0 spiro atoms. The molecule has 0 radical (unpaired) electrons. The van der Waals surface area contributed by atoms with Crippen molar-refractivity contribution in [2.75, 3.05) is 7.11 Å². The number of aliphatic hydroxyl groups excluding tert-OH is 2. The monoisotopic (exact) mass is 416 g/mol. The Labute approximate surface area is 174 Å². The predicted molar refractivity (Wildman–Crippen MR) is 116 cm³/mol. The second kappa shape index (κ2) is 8.68. The number of ether oxygens (including phenoxy) is 2. The molecule has 5 nitrogen and oxygen atoms in total. The molecule has 1 fully saturated rings. The van der Waals surface area contributed by atoms with E-state index in [1.807, 2.05) is 43.3 Å². The quantitative estimate of drug-likeness (QED) is 0.730. The van der Waals surface area contributed by atoms with Gasteiger partial charge in [-0.15, -0.1) is 0 Å². The number of hydrogen-bond acceptors (Lipinski definition) is 5. The van der Waals surface area contributed by atoms with Crippen LogP contribution in [0.25, 0.3) is 0 Å². The number of hydrogen-bond donors (Lipinski definition) is 2. The molecule has 5 atom stereocenters. The van der Waals surface area contributed by atoms with Gasteiger partial charge in [-0.3, -0.25) is 0 Å². The highest BCUT2D eigenvalue weighted by Gasteiger charge is 2.55. The van der Waals surface area contributed by atoms with E-state index in [1.165, 1.54) is 7.11 Å². The van der Waals surface area contributed by atoms with Gasteiger partial charge in [0.25, 0.3) is 8.32 Å². The van der Waals surface area contributed by atoms with E-state index < -0.39 is 39.0 Å². The molecule has 2 aromatic rings. The van der Waals surface area contributed by atoms with E-state index in [2.05, 4.69) is 45.0 Å². The van der Waals surface area contributed by atoms with Gasteiger partial charge in [0.05, 0.1) is 6.10 Å². The lowest BCUT2D eigenvalue weighted by atomic mass is 10.0. The lowest BCUT2D eigenvalue weighted by molar-refractivity contribution is -0.283. The van der Waals surface area contributed by atoms with E-state index in [0.29, 0.717) is 0 Å². The molecule has 1 aliphatic rings. The Morgan fingerprint density at radius 1 is 0.862 bits per heavy atom. The van der Waals surface area contributed by atoms with E-state index in [0.717, 1.165) is 10.4 Å². The minimum Gasteiger partial charge on any atom is -0.399 e. The molecule has 6 heteroatoms. The highest BCUT2D eigenvalue weighted by Crippen LogP contribution is 2.39. The molecule has 0 amide bonds. The van der Waals surface area contributed by atoms with Crippen LogP contribution in [0.1, 0.15) is 27.7 Å². The van der Waals surface area contributed by atoms with Gasteiger partial charge in [0, 0.05) is 7.11 Å². The summed E-state index contributed by atoms with van der Waals surface area (Å²) in [7, 11) is -1.42. The number of aliphatic hydroxyl groups is 2. The molecular weight excluding hydrogens is 384 g/mol. The van der Waals surface area contributed by atoms with E-state index in [4.69, 9.17) is 13.9 Å². The molecule has 1 aliphatic heterocycles. The summed E-state index contributed by atoms with van der Waals surface area (Å²) < 4.78 is 18.0. The van der Waals surface area contributed by atoms with Crippen LogP contribution < -0.4 is 10.4 Å². The molecule has 2 N–H and O–H groups in total. The first-order chi connectivity index (χ1) is 13.7. The average Bonchev–Trinajstić information content (AvgIpc) is 2.71. The van der Waals surface area contributed by atoms with Crippen LogP contribution in [0.4, 0.5) is 0 Å². The lowest BCUT2D eigenvalue weighted by Gasteiger charge is -2.49. The average molecular weight is 417 g/mol. The Morgan fingerprint density at radius 2 is 1.34 bits per heavy atom. The fourth-order valence-corrected chi connectivity index (χ4v) is 9.01. The van der Waals surface area contributed by atoms with Gasteiger partial charge in [0.1, 0.15) is 18.3 Å². The summed E-state index contributed by atoms with van der Waals surface area (Å²) in [5, 5.41) is 23.4. The molecule has 29 heavy (non-hydrogen) atoms. The van der Waals surface area contributed by atoms with Crippen LogP contribution in [-0.4, -0.2) is 56.3 Å². The van der Waals surface area contributed by atoms with Crippen LogP contribution in [0.2, 0.25) is 5.04 Å². The first kappa shape index (κ1) is 22.1. The van der Waals surface area contributed by atoms with Crippen molar-refractivity contribution in [3.63, 3.8) is 0 Å². The van der Waals surface area contributed by atoms with E-state index >= 15 is 0 Å². The summed E-state index contributed by atoms with van der Waals surface area (Å²) in [4.78, 5) is 0. The molecular formula is C23H32O5Si. The van der Waals surface area contributed by atoms with Gasteiger partial charge in [-0.05, 0) is 22.3 Å². The van der Waals surface area contributed by atoms with Gasteiger partial charge in [0.2, 0.25) is 0 Å². The number of methoxy groups -OCH3 is 1. The van der Waals surface area contributed by atoms with Crippen molar-refractivity contribution < 1.29 is 24.1 Å². The normalized spacial score (nSPS) is 28.3. The van der Waals surface area contributed by atoms with Gasteiger partial charge in [-0.2, -0.15) is 0 Å². The second-order valence-corrected chi connectivity index (χ2v) is 12.9. The van der Waals surface area contributed by atoms with Gasteiger partial charge in [-0.1, -0.05) is 81.4 Å². The van der Waals surface area contributed by atoms with Crippen molar-refractivity contribution in [2.45, 2.75) is 63.4 Å². The fourth-order valence-electron chi connectivity index (χ4n) is 4.26. The van der Waals surface area contributed by atoms with Crippen LogP contribution in [0.3, 0.4) is 0 Å². The Morgan fingerprint density at radius 3 is 1.76 bits per heavy atom. The van der Waals surface area contributed by atoms with Crippen LogP contribution in [0.5, 0.6) is 0 Å². The Balaban J connectivity index is 2.14. The number of rotatable bonds is 5. The first-order valence-corrected chi connectivity index (χ1v) is 12.0. The van der Waals surface area contributed by atoms with Crippen LogP contribution in [-0.2, 0) is 13.9 Å². The van der Waals surface area contributed by atoms with Crippen molar-refractivity contribution >= 4 is 18.7 Å².